The van der Waals surface area contributed by atoms with Gasteiger partial charge in [-0.15, -0.1) is 10.2 Å². The molecule has 0 unspecified atom stereocenters. The Bertz CT molecular complexity index is 777. The third kappa shape index (κ3) is 2.60. The van der Waals surface area contributed by atoms with Gasteiger partial charge < -0.3 is 14.4 Å². The predicted molar refractivity (Wildman–Crippen MR) is 78.4 cm³/mol. The number of likely N-dealkylation sites (N-methyl/N-ethyl adjacent to an activating group) is 1. The number of hydrogen-bond donors (Lipinski definition) is 1. The summed E-state index contributed by atoms with van der Waals surface area (Å²) in [6, 6.07) is 6.02. The Kier molecular flexibility index (Phi) is 3.46. The molecule has 0 fully saturated rings. The van der Waals surface area contributed by atoms with E-state index < -0.39 is 0 Å². The lowest BCUT2D eigenvalue weighted by Gasteiger charge is -2.20. The summed E-state index contributed by atoms with van der Waals surface area (Å²) in [6.45, 7) is 3.74. The first-order valence-corrected chi connectivity index (χ1v) is 6.51. The summed E-state index contributed by atoms with van der Waals surface area (Å²) in [5, 5.41) is 17.8. The molecule has 0 radical (unpaired) electrons. The van der Waals surface area contributed by atoms with Crippen molar-refractivity contribution in [2.45, 2.75) is 6.42 Å². The van der Waals surface area contributed by atoms with Crippen molar-refractivity contribution in [3.63, 3.8) is 0 Å². The summed E-state index contributed by atoms with van der Waals surface area (Å²) in [5.41, 5.74) is 1.41. The van der Waals surface area contributed by atoms with E-state index in [9.17, 15) is 9.50 Å². The average molecular weight is 300 g/mol. The zero-order chi connectivity index (χ0) is 15.7. The number of aliphatic hydroxyl groups is 1. The predicted octanol–water partition coefficient (Wildman–Crippen LogP) is 2.51. The molecule has 0 atom stereocenters. The molecule has 0 spiro atoms. The highest BCUT2D eigenvalue weighted by Gasteiger charge is 2.22. The zero-order valence-electron chi connectivity index (χ0n) is 11.8. The highest BCUT2D eigenvalue weighted by molar-refractivity contribution is 5.77. The van der Waals surface area contributed by atoms with Crippen molar-refractivity contribution >= 4 is 12.0 Å². The van der Waals surface area contributed by atoms with Gasteiger partial charge in [0, 0.05) is 7.05 Å². The van der Waals surface area contributed by atoms with Crippen LogP contribution in [0.4, 0.5) is 4.39 Å². The lowest BCUT2D eigenvalue weighted by atomic mass is 10.1. The molecular formula is C15H13FN4O2. The van der Waals surface area contributed by atoms with E-state index >= 15 is 0 Å². The Labute approximate surface area is 125 Å². The van der Waals surface area contributed by atoms with Crippen molar-refractivity contribution in [2.75, 3.05) is 7.05 Å². The van der Waals surface area contributed by atoms with E-state index in [-0.39, 0.29) is 23.2 Å². The van der Waals surface area contributed by atoms with E-state index in [4.69, 9.17) is 4.42 Å². The van der Waals surface area contributed by atoms with Gasteiger partial charge in [-0.1, -0.05) is 18.7 Å². The van der Waals surface area contributed by atoms with Crippen LogP contribution in [0.3, 0.4) is 0 Å². The van der Waals surface area contributed by atoms with Crippen molar-refractivity contribution in [3.05, 3.63) is 65.5 Å². The number of aromatic nitrogens is 2. The van der Waals surface area contributed by atoms with Gasteiger partial charge in [-0.25, -0.2) is 9.38 Å². The molecule has 6 nitrogen and oxygen atoms in total. The first-order valence-electron chi connectivity index (χ1n) is 6.51. The van der Waals surface area contributed by atoms with Gasteiger partial charge in [0.05, 0.1) is 18.5 Å². The standard InChI is InChI=1S/C15H13FN4O2/c1-9-14(21)13(17-8-20(9)2)15-19-18-12(22-15)7-10-3-5-11(16)6-4-10/h3-6,8,21H,1,7H2,2H3. The van der Waals surface area contributed by atoms with Crippen LogP contribution in [0.1, 0.15) is 17.3 Å². The number of benzene rings is 1. The Morgan fingerprint density at radius 1 is 1.27 bits per heavy atom. The third-order valence-electron chi connectivity index (χ3n) is 3.22. The fraction of sp³-hybridized carbons (Fsp3) is 0.133. The maximum Gasteiger partial charge on any atom is 0.270 e. The summed E-state index contributed by atoms with van der Waals surface area (Å²) in [4.78, 5) is 5.65. The molecule has 0 aliphatic carbocycles. The fourth-order valence-electron chi connectivity index (χ4n) is 1.93. The molecule has 2 heterocycles. The molecule has 1 aliphatic rings. The monoisotopic (exact) mass is 300 g/mol. The number of rotatable bonds is 3. The summed E-state index contributed by atoms with van der Waals surface area (Å²) in [7, 11) is 1.71. The Morgan fingerprint density at radius 2 is 2.00 bits per heavy atom. The quantitative estimate of drug-likeness (QED) is 0.942. The molecular weight excluding hydrogens is 287 g/mol. The average Bonchev–Trinajstić information content (AvgIpc) is 2.96. The molecule has 0 bridgehead atoms. The minimum atomic E-state index is -0.302. The number of hydrogen-bond acceptors (Lipinski definition) is 6. The zero-order valence-corrected chi connectivity index (χ0v) is 11.8. The first-order chi connectivity index (χ1) is 10.5. The summed E-state index contributed by atoms with van der Waals surface area (Å²) >= 11 is 0. The number of aliphatic imine (C=N–C) groups is 1. The maximum atomic E-state index is 12.9. The molecule has 1 aromatic carbocycles. The van der Waals surface area contributed by atoms with Gasteiger partial charge in [0.2, 0.25) is 5.89 Å². The maximum absolute atomic E-state index is 12.9. The van der Waals surface area contributed by atoms with Crippen molar-refractivity contribution in [1.82, 2.24) is 15.1 Å². The van der Waals surface area contributed by atoms with E-state index in [0.717, 1.165) is 5.56 Å². The van der Waals surface area contributed by atoms with E-state index in [1.807, 2.05) is 0 Å². The molecule has 3 rings (SSSR count). The fourth-order valence-corrected chi connectivity index (χ4v) is 1.93. The van der Waals surface area contributed by atoms with Crippen LogP contribution in [0, 0.1) is 5.82 Å². The molecule has 112 valence electrons. The molecule has 7 heteroatoms. The van der Waals surface area contributed by atoms with Gasteiger partial charge in [-0.05, 0) is 17.7 Å². The molecule has 0 saturated heterocycles. The van der Waals surface area contributed by atoms with Crippen LogP contribution < -0.4 is 0 Å². The molecule has 1 N–H and O–H groups in total. The normalized spacial score (nSPS) is 14.8. The van der Waals surface area contributed by atoms with E-state index in [1.165, 1.54) is 18.5 Å². The molecule has 0 saturated carbocycles. The second-order valence-corrected chi connectivity index (χ2v) is 4.80. The van der Waals surface area contributed by atoms with Crippen molar-refractivity contribution in [1.29, 1.82) is 0 Å². The van der Waals surface area contributed by atoms with E-state index in [0.29, 0.717) is 18.0 Å². The number of nitrogens with zero attached hydrogens (tertiary/aromatic N) is 4. The van der Waals surface area contributed by atoms with Crippen molar-refractivity contribution in [3.8, 4) is 0 Å². The Hall–Kier alpha value is -2.96. The van der Waals surface area contributed by atoms with Crippen LogP contribution >= 0.6 is 0 Å². The van der Waals surface area contributed by atoms with Gasteiger partial charge in [-0.2, -0.15) is 0 Å². The highest BCUT2D eigenvalue weighted by Crippen LogP contribution is 2.26. The second kappa shape index (κ2) is 5.44. The summed E-state index contributed by atoms with van der Waals surface area (Å²) in [6.07, 6.45) is 1.87. The Morgan fingerprint density at radius 3 is 2.73 bits per heavy atom. The molecule has 22 heavy (non-hydrogen) atoms. The second-order valence-electron chi connectivity index (χ2n) is 4.80. The first kappa shape index (κ1) is 14.0. The van der Waals surface area contributed by atoms with Crippen molar-refractivity contribution < 1.29 is 13.9 Å². The Balaban J connectivity index is 1.84. The molecule has 0 amide bonds. The van der Waals surface area contributed by atoms with Crippen LogP contribution in [0.25, 0.3) is 5.70 Å². The van der Waals surface area contributed by atoms with Crippen LogP contribution in [0.2, 0.25) is 0 Å². The van der Waals surface area contributed by atoms with Crippen LogP contribution in [-0.4, -0.2) is 33.6 Å². The van der Waals surface area contributed by atoms with Crippen molar-refractivity contribution in [2.24, 2.45) is 4.99 Å². The van der Waals surface area contributed by atoms with Crippen LogP contribution in [-0.2, 0) is 6.42 Å². The highest BCUT2D eigenvalue weighted by atomic mass is 19.1. The van der Waals surface area contributed by atoms with Crippen LogP contribution in [0.5, 0.6) is 0 Å². The van der Waals surface area contributed by atoms with Gasteiger partial charge in [0.1, 0.15) is 5.82 Å². The molecule has 2 aromatic rings. The lowest BCUT2D eigenvalue weighted by molar-refractivity contribution is 0.391. The van der Waals surface area contributed by atoms with Gasteiger partial charge in [0.15, 0.2) is 11.5 Å². The van der Waals surface area contributed by atoms with Gasteiger partial charge in [0.25, 0.3) is 5.89 Å². The largest absolute Gasteiger partial charge is 0.504 e. The molecule has 1 aromatic heterocycles. The summed E-state index contributed by atoms with van der Waals surface area (Å²) < 4.78 is 18.4. The topological polar surface area (TPSA) is 74.8 Å². The minimum absolute atomic E-state index is 0.109. The smallest absolute Gasteiger partial charge is 0.270 e. The molecule has 1 aliphatic heterocycles. The third-order valence-corrected chi connectivity index (χ3v) is 3.22. The summed E-state index contributed by atoms with van der Waals surface area (Å²) in [5.74, 6) is 0.0490. The van der Waals surface area contributed by atoms with E-state index in [1.54, 1.807) is 24.1 Å². The minimum Gasteiger partial charge on any atom is -0.504 e. The lowest BCUT2D eigenvalue weighted by Crippen LogP contribution is -2.20. The number of aliphatic hydroxyl groups excluding tert-OH is 1. The SMILES string of the molecule is C=C1C(O)=C(c2nnc(Cc3ccc(F)cc3)o2)N=CN1C. The van der Waals surface area contributed by atoms with Gasteiger partial charge >= 0.3 is 0 Å². The number of halogens is 1. The van der Waals surface area contributed by atoms with Gasteiger partial charge in [-0.3, -0.25) is 0 Å². The van der Waals surface area contributed by atoms with E-state index in [2.05, 4.69) is 21.8 Å². The van der Waals surface area contributed by atoms with Crippen LogP contribution in [0.15, 0.2) is 51.7 Å².